The molecule has 4 rings (SSSR count). The third-order valence-corrected chi connectivity index (χ3v) is 7.99. The van der Waals surface area contributed by atoms with Crippen LogP contribution in [0.1, 0.15) is 38.2 Å². The summed E-state index contributed by atoms with van der Waals surface area (Å²) in [5, 5.41) is 4.81. The predicted molar refractivity (Wildman–Crippen MR) is 143 cm³/mol. The summed E-state index contributed by atoms with van der Waals surface area (Å²) in [5.41, 5.74) is -1.06. The van der Waals surface area contributed by atoms with Crippen LogP contribution in [0.4, 0.5) is 24.5 Å². The Morgan fingerprint density at radius 2 is 1.77 bits per heavy atom. The summed E-state index contributed by atoms with van der Waals surface area (Å²) in [7, 11) is -2.05. The second-order valence-electron chi connectivity index (χ2n) is 9.44. The van der Waals surface area contributed by atoms with Crippen molar-refractivity contribution in [2.24, 2.45) is 0 Å². The summed E-state index contributed by atoms with van der Waals surface area (Å²) in [6.45, 7) is 1.42. The number of alkyl halides is 3. The topological polar surface area (TPSA) is 114 Å². The van der Waals surface area contributed by atoms with Crippen LogP contribution in [0.15, 0.2) is 36.4 Å². The van der Waals surface area contributed by atoms with Crippen molar-refractivity contribution >= 4 is 51.5 Å². The molecule has 0 unspecified atom stereocenters. The summed E-state index contributed by atoms with van der Waals surface area (Å²) < 4.78 is 63.9. The van der Waals surface area contributed by atoms with Gasteiger partial charge >= 0.3 is 6.18 Å². The van der Waals surface area contributed by atoms with Crippen molar-refractivity contribution in [3.8, 4) is 11.5 Å². The highest BCUT2D eigenvalue weighted by Gasteiger charge is 2.36. The molecular weight excluding hydrogens is 575 g/mol. The minimum Gasteiger partial charge on any atom is -0.454 e. The number of nitrogens with zero attached hydrogens (tertiary/aromatic N) is 1. The van der Waals surface area contributed by atoms with E-state index in [-0.39, 0.29) is 18.5 Å². The van der Waals surface area contributed by atoms with Gasteiger partial charge in [0.05, 0.1) is 10.6 Å². The Balaban J connectivity index is 1.49. The minimum absolute atomic E-state index is 0.0462. The largest absolute Gasteiger partial charge is 0.454 e. The van der Waals surface area contributed by atoms with Gasteiger partial charge in [-0.3, -0.25) is 23.5 Å². The molecule has 1 fully saturated rings. The van der Waals surface area contributed by atoms with Crippen LogP contribution in [0.2, 0.25) is 5.02 Å². The summed E-state index contributed by atoms with van der Waals surface area (Å²) >= 11 is 5.75. The molecule has 0 spiro atoms. The van der Waals surface area contributed by atoms with Gasteiger partial charge in [0.15, 0.2) is 11.5 Å². The first-order chi connectivity index (χ1) is 18.9. The van der Waals surface area contributed by atoms with Crippen molar-refractivity contribution in [2.45, 2.75) is 50.9 Å². The number of rotatable bonds is 9. The lowest BCUT2D eigenvalue weighted by atomic mass is 10.1. The molecular formula is C26H27ClF3N3O6S. The average Bonchev–Trinajstić information content (AvgIpc) is 3.55. The number of carbonyl (C=O) groups is 3. The molecule has 2 atom stereocenters. The Kier molecular flexibility index (Phi) is 9.24. The molecule has 0 aromatic heterocycles. The van der Waals surface area contributed by atoms with E-state index in [9.17, 15) is 31.8 Å². The van der Waals surface area contributed by atoms with E-state index in [0.717, 1.165) is 36.6 Å². The van der Waals surface area contributed by atoms with Crippen LogP contribution < -0.4 is 25.0 Å². The summed E-state index contributed by atoms with van der Waals surface area (Å²) in [6, 6.07) is 6.20. The van der Waals surface area contributed by atoms with E-state index in [1.54, 1.807) is 12.1 Å². The van der Waals surface area contributed by atoms with Crippen LogP contribution >= 0.6 is 11.6 Å². The zero-order valence-corrected chi connectivity index (χ0v) is 23.0. The minimum atomic E-state index is -4.81. The van der Waals surface area contributed by atoms with Gasteiger partial charge in [-0.05, 0) is 50.1 Å². The Bertz CT molecular complexity index is 1320. The molecule has 1 saturated carbocycles. The zero-order chi connectivity index (χ0) is 29.0. The van der Waals surface area contributed by atoms with Gasteiger partial charge in [-0.25, -0.2) is 0 Å². The number of carbonyl (C=O) groups excluding carboxylic acids is 3. The van der Waals surface area contributed by atoms with Crippen LogP contribution in [0, 0.1) is 0 Å². The van der Waals surface area contributed by atoms with Gasteiger partial charge in [0.2, 0.25) is 24.5 Å². The van der Waals surface area contributed by atoms with Crippen molar-refractivity contribution < 1.29 is 41.2 Å². The third-order valence-electron chi connectivity index (χ3n) is 6.50. The van der Waals surface area contributed by atoms with Gasteiger partial charge in [-0.15, -0.1) is 0 Å². The molecule has 1 heterocycles. The van der Waals surface area contributed by atoms with E-state index in [0.29, 0.717) is 23.3 Å². The summed E-state index contributed by atoms with van der Waals surface area (Å²) in [4.78, 5) is 39.7. The Morgan fingerprint density at radius 3 is 2.48 bits per heavy atom. The first-order valence-electron chi connectivity index (χ1n) is 12.5. The molecule has 1 aliphatic heterocycles. The lowest BCUT2D eigenvalue weighted by Gasteiger charge is -2.30. The van der Waals surface area contributed by atoms with E-state index >= 15 is 0 Å². The Hall–Kier alpha value is -3.32. The number of hydrogen-bond acceptors (Lipinski definition) is 6. The molecule has 40 heavy (non-hydrogen) atoms. The fourth-order valence-electron chi connectivity index (χ4n) is 4.55. The van der Waals surface area contributed by atoms with Gasteiger partial charge in [-0.1, -0.05) is 24.4 Å². The van der Waals surface area contributed by atoms with Crippen LogP contribution in [-0.4, -0.2) is 52.3 Å². The smallest absolute Gasteiger partial charge is 0.417 e. The highest BCUT2D eigenvalue weighted by molar-refractivity contribution is 7.86. The van der Waals surface area contributed by atoms with Crippen molar-refractivity contribution in [3.63, 3.8) is 0 Å². The third kappa shape index (κ3) is 7.25. The van der Waals surface area contributed by atoms with Crippen molar-refractivity contribution in [1.82, 2.24) is 5.32 Å². The number of ether oxygens (including phenoxy) is 2. The molecule has 216 valence electrons. The fraction of sp³-hybridized carbons (Fsp3) is 0.423. The highest BCUT2D eigenvalue weighted by Crippen LogP contribution is 2.37. The number of amides is 3. The summed E-state index contributed by atoms with van der Waals surface area (Å²) in [6.07, 6.45) is -1.43. The van der Waals surface area contributed by atoms with Gasteiger partial charge < -0.3 is 20.1 Å². The van der Waals surface area contributed by atoms with Gasteiger partial charge in [0.25, 0.3) is 0 Å². The Morgan fingerprint density at radius 1 is 1.07 bits per heavy atom. The number of anilines is 2. The maximum absolute atomic E-state index is 13.6. The lowest BCUT2D eigenvalue weighted by molar-refractivity contribution is -0.137. The van der Waals surface area contributed by atoms with Gasteiger partial charge in [0.1, 0.15) is 17.5 Å². The maximum Gasteiger partial charge on any atom is 0.417 e. The normalized spacial score (nSPS) is 16.3. The zero-order valence-electron chi connectivity index (χ0n) is 21.4. The van der Waals surface area contributed by atoms with E-state index in [1.165, 1.54) is 19.1 Å². The van der Waals surface area contributed by atoms with E-state index < -0.39 is 62.8 Å². The van der Waals surface area contributed by atoms with Crippen molar-refractivity contribution in [2.75, 3.05) is 28.5 Å². The van der Waals surface area contributed by atoms with Crippen LogP contribution in [0.3, 0.4) is 0 Å². The predicted octanol–water partition coefficient (Wildman–Crippen LogP) is 4.26. The van der Waals surface area contributed by atoms with Gasteiger partial charge in [-0.2, -0.15) is 13.2 Å². The van der Waals surface area contributed by atoms with Crippen LogP contribution in [0.5, 0.6) is 11.5 Å². The first kappa shape index (κ1) is 29.7. The maximum atomic E-state index is 13.6. The molecule has 0 radical (unpaired) electrons. The number of hydrogen-bond donors (Lipinski definition) is 2. The molecule has 1 aliphatic carbocycles. The molecule has 0 saturated heterocycles. The highest BCUT2D eigenvalue weighted by atomic mass is 35.5. The number of halogens is 4. The molecule has 3 amide bonds. The monoisotopic (exact) mass is 601 g/mol. The SMILES string of the molecule is C[C@H](C(=O)NC1CCCC1)N(C(=O)C[S@](=O)CC(=O)Nc1ccc2c(c1)OCO2)c1ccc(Cl)c(C(F)(F)F)c1. The summed E-state index contributed by atoms with van der Waals surface area (Å²) in [5.74, 6) is -2.45. The molecule has 0 bridgehead atoms. The van der Waals surface area contributed by atoms with Crippen molar-refractivity contribution in [1.29, 1.82) is 0 Å². The molecule has 2 aromatic carbocycles. The van der Waals surface area contributed by atoms with Crippen molar-refractivity contribution in [3.05, 3.63) is 47.0 Å². The van der Waals surface area contributed by atoms with E-state index in [4.69, 9.17) is 21.1 Å². The van der Waals surface area contributed by atoms with Crippen LogP contribution in [0.25, 0.3) is 0 Å². The molecule has 9 nitrogen and oxygen atoms in total. The average molecular weight is 602 g/mol. The van der Waals surface area contributed by atoms with Crippen LogP contribution in [-0.2, 0) is 31.4 Å². The molecule has 2 aliphatic rings. The molecule has 2 aromatic rings. The number of fused-ring (bicyclic) bond motifs is 1. The Labute approximate surface area is 235 Å². The quantitative estimate of drug-likeness (QED) is 0.444. The standard InChI is InChI=1S/C26H27ClF3N3O6S/c1-15(25(36)32-16-4-2-3-5-16)33(18-7-8-20(27)19(11-18)26(28,29)30)24(35)13-40(37)12-23(34)31-17-6-9-21-22(10-17)39-14-38-21/h6-11,15-16H,2-5,12-14H2,1H3,(H,31,34)(H,32,36)/t15-,40-/m1/s1. The lowest BCUT2D eigenvalue weighted by Crippen LogP contribution is -2.51. The number of benzene rings is 2. The van der Waals surface area contributed by atoms with E-state index in [1.807, 2.05) is 0 Å². The van der Waals surface area contributed by atoms with Gasteiger partial charge in [0, 0.05) is 34.3 Å². The second kappa shape index (κ2) is 12.5. The van der Waals surface area contributed by atoms with E-state index in [2.05, 4.69) is 10.6 Å². The first-order valence-corrected chi connectivity index (χ1v) is 14.3. The molecule has 2 N–H and O–H groups in total. The molecule has 14 heteroatoms. The number of nitrogens with one attached hydrogen (secondary N) is 2. The second-order valence-corrected chi connectivity index (χ2v) is 11.3. The fourth-order valence-corrected chi connectivity index (χ4v) is 5.65.